The van der Waals surface area contributed by atoms with E-state index in [9.17, 15) is 4.79 Å². The van der Waals surface area contributed by atoms with Crippen molar-refractivity contribution in [3.63, 3.8) is 0 Å². The van der Waals surface area contributed by atoms with Crippen LogP contribution in [0.3, 0.4) is 0 Å². The molecule has 0 saturated heterocycles. The molecule has 1 amide bonds. The number of para-hydroxylation sites is 1. The van der Waals surface area contributed by atoms with E-state index in [1.807, 2.05) is 0 Å². The van der Waals surface area contributed by atoms with Gasteiger partial charge < -0.3 is 19.5 Å². The number of rotatable bonds is 8. The van der Waals surface area contributed by atoms with Crippen molar-refractivity contribution in [2.45, 2.75) is 19.8 Å². The van der Waals surface area contributed by atoms with Gasteiger partial charge in [0, 0.05) is 6.54 Å². The van der Waals surface area contributed by atoms with Crippen LogP contribution in [0.4, 0.5) is 0 Å². The highest BCUT2D eigenvalue weighted by atomic mass is 16.5. The maximum atomic E-state index is 11.5. The fourth-order valence-electron chi connectivity index (χ4n) is 1.57. The molecule has 0 saturated carbocycles. The van der Waals surface area contributed by atoms with Gasteiger partial charge in [-0.3, -0.25) is 4.79 Å². The fraction of sp³-hybridized carbons (Fsp3) is 0.500. The van der Waals surface area contributed by atoms with Crippen LogP contribution in [0.2, 0.25) is 0 Å². The van der Waals surface area contributed by atoms with Gasteiger partial charge >= 0.3 is 0 Å². The summed E-state index contributed by atoms with van der Waals surface area (Å²) >= 11 is 0. The summed E-state index contributed by atoms with van der Waals surface area (Å²) in [5, 5.41) is 2.78. The van der Waals surface area contributed by atoms with Crippen molar-refractivity contribution in [2.75, 3.05) is 27.4 Å². The van der Waals surface area contributed by atoms with E-state index in [1.165, 1.54) is 7.11 Å². The monoisotopic (exact) mass is 267 g/mol. The summed E-state index contributed by atoms with van der Waals surface area (Å²) in [4.78, 5) is 11.5. The second-order valence-electron chi connectivity index (χ2n) is 3.98. The van der Waals surface area contributed by atoms with Crippen molar-refractivity contribution < 1.29 is 19.0 Å². The van der Waals surface area contributed by atoms with Gasteiger partial charge in [0.15, 0.2) is 18.1 Å². The van der Waals surface area contributed by atoms with Gasteiger partial charge in [0.25, 0.3) is 5.91 Å². The van der Waals surface area contributed by atoms with Crippen LogP contribution >= 0.6 is 0 Å². The summed E-state index contributed by atoms with van der Waals surface area (Å²) in [7, 11) is 3.09. The Morgan fingerprint density at radius 1 is 1.21 bits per heavy atom. The standard InChI is InChI=1S/C14H21NO4/c1-4-5-9-15-13(16)10-19-12-8-6-7-11(17-2)14(12)18-3/h6-8H,4-5,9-10H2,1-3H3,(H,15,16). The largest absolute Gasteiger partial charge is 0.493 e. The van der Waals surface area contributed by atoms with Crippen LogP contribution in [0.15, 0.2) is 18.2 Å². The van der Waals surface area contributed by atoms with Crippen LogP contribution in [0.25, 0.3) is 0 Å². The first-order valence-electron chi connectivity index (χ1n) is 6.33. The first-order chi connectivity index (χ1) is 9.22. The van der Waals surface area contributed by atoms with E-state index in [-0.39, 0.29) is 12.5 Å². The fourth-order valence-corrected chi connectivity index (χ4v) is 1.57. The number of hydrogen-bond acceptors (Lipinski definition) is 4. The van der Waals surface area contributed by atoms with Gasteiger partial charge in [-0.1, -0.05) is 19.4 Å². The van der Waals surface area contributed by atoms with E-state index < -0.39 is 0 Å². The van der Waals surface area contributed by atoms with Crippen LogP contribution in [-0.2, 0) is 4.79 Å². The van der Waals surface area contributed by atoms with Crippen molar-refractivity contribution in [1.82, 2.24) is 5.32 Å². The topological polar surface area (TPSA) is 56.8 Å². The Kier molecular flexibility index (Phi) is 6.57. The molecule has 0 fully saturated rings. The molecule has 106 valence electrons. The maximum Gasteiger partial charge on any atom is 0.257 e. The minimum absolute atomic E-state index is 0.0345. The Morgan fingerprint density at radius 3 is 2.58 bits per heavy atom. The molecule has 0 radical (unpaired) electrons. The van der Waals surface area contributed by atoms with Gasteiger partial charge in [0.2, 0.25) is 5.75 Å². The number of amides is 1. The highest BCUT2D eigenvalue weighted by Gasteiger charge is 2.11. The highest BCUT2D eigenvalue weighted by Crippen LogP contribution is 2.36. The van der Waals surface area contributed by atoms with Gasteiger partial charge in [-0.15, -0.1) is 0 Å². The Bertz CT molecular complexity index is 406. The first-order valence-corrected chi connectivity index (χ1v) is 6.33. The summed E-state index contributed by atoms with van der Waals surface area (Å²) in [5.74, 6) is 1.42. The first kappa shape index (κ1) is 15.1. The molecule has 0 aliphatic rings. The zero-order chi connectivity index (χ0) is 14.1. The van der Waals surface area contributed by atoms with Crippen molar-refractivity contribution in [2.24, 2.45) is 0 Å². The van der Waals surface area contributed by atoms with E-state index >= 15 is 0 Å². The van der Waals surface area contributed by atoms with E-state index in [0.717, 1.165) is 12.8 Å². The Labute approximate surface area is 113 Å². The third-order valence-electron chi connectivity index (χ3n) is 2.58. The molecule has 1 aromatic rings. The average Bonchev–Trinajstić information content (AvgIpc) is 2.44. The second-order valence-corrected chi connectivity index (χ2v) is 3.98. The molecule has 1 rings (SSSR count). The quantitative estimate of drug-likeness (QED) is 0.732. The van der Waals surface area contributed by atoms with Crippen molar-refractivity contribution in [3.8, 4) is 17.2 Å². The van der Waals surface area contributed by atoms with Gasteiger partial charge in [-0.2, -0.15) is 0 Å². The van der Waals surface area contributed by atoms with E-state index in [0.29, 0.717) is 23.8 Å². The molecule has 0 unspecified atom stereocenters. The third kappa shape index (κ3) is 4.69. The predicted octanol–water partition coefficient (Wildman–Crippen LogP) is 2.00. The second kappa shape index (κ2) is 8.24. The Balaban J connectivity index is 2.55. The van der Waals surface area contributed by atoms with E-state index in [2.05, 4.69) is 12.2 Å². The van der Waals surface area contributed by atoms with E-state index in [4.69, 9.17) is 14.2 Å². The molecule has 0 bridgehead atoms. The Morgan fingerprint density at radius 2 is 1.95 bits per heavy atom. The number of methoxy groups -OCH3 is 2. The van der Waals surface area contributed by atoms with Gasteiger partial charge in [0.1, 0.15) is 0 Å². The lowest BCUT2D eigenvalue weighted by Gasteiger charge is -2.13. The lowest BCUT2D eigenvalue weighted by atomic mass is 10.3. The normalized spacial score (nSPS) is 9.84. The smallest absolute Gasteiger partial charge is 0.257 e. The lowest BCUT2D eigenvalue weighted by Crippen LogP contribution is -2.29. The summed E-state index contributed by atoms with van der Waals surface area (Å²) in [5.41, 5.74) is 0. The third-order valence-corrected chi connectivity index (χ3v) is 2.58. The molecule has 19 heavy (non-hydrogen) atoms. The minimum Gasteiger partial charge on any atom is -0.493 e. The van der Waals surface area contributed by atoms with Gasteiger partial charge in [0.05, 0.1) is 14.2 Å². The zero-order valence-corrected chi connectivity index (χ0v) is 11.7. The molecule has 0 atom stereocenters. The molecule has 1 N–H and O–H groups in total. The molecule has 0 aliphatic carbocycles. The molecule has 0 spiro atoms. The molecule has 0 heterocycles. The lowest BCUT2D eigenvalue weighted by molar-refractivity contribution is -0.123. The summed E-state index contributed by atoms with van der Waals surface area (Å²) in [6.07, 6.45) is 2.01. The number of ether oxygens (including phenoxy) is 3. The van der Waals surface area contributed by atoms with Crippen molar-refractivity contribution in [3.05, 3.63) is 18.2 Å². The number of hydrogen-bond donors (Lipinski definition) is 1. The van der Waals surface area contributed by atoms with Gasteiger partial charge in [-0.05, 0) is 18.6 Å². The summed E-state index contributed by atoms with van der Waals surface area (Å²) in [6.45, 7) is 2.71. The van der Waals surface area contributed by atoms with Crippen LogP contribution in [-0.4, -0.2) is 33.3 Å². The Hall–Kier alpha value is -1.91. The van der Waals surface area contributed by atoms with Crippen molar-refractivity contribution in [1.29, 1.82) is 0 Å². The number of nitrogens with one attached hydrogen (secondary N) is 1. The molecule has 1 aromatic carbocycles. The molecule has 5 heteroatoms. The van der Waals surface area contributed by atoms with Crippen LogP contribution in [0.5, 0.6) is 17.2 Å². The number of benzene rings is 1. The number of carbonyl (C=O) groups excluding carboxylic acids is 1. The SMILES string of the molecule is CCCCNC(=O)COc1cccc(OC)c1OC. The molecular weight excluding hydrogens is 246 g/mol. The number of carbonyl (C=O) groups is 1. The average molecular weight is 267 g/mol. The van der Waals surface area contributed by atoms with Gasteiger partial charge in [-0.25, -0.2) is 0 Å². The maximum absolute atomic E-state index is 11.5. The van der Waals surface area contributed by atoms with Crippen LogP contribution in [0.1, 0.15) is 19.8 Å². The highest BCUT2D eigenvalue weighted by molar-refractivity contribution is 5.77. The van der Waals surface area contributed by atoms with Crippen LogP contribution in [0, 0.1) is 0 Å². The molecule has 0 aromatic heterocycles. The summed E-state index contributed by atoms with van der Waals surface area (Å²) in [6, 6.07) is 5.29. The minimum atomic E-state index is -0.140. The zero-order valence-electron chi connectivity index (χ0n) is 11.7. The van der Waals surface area contributed by atoms with Crippen molar-refractivity contribution >= 4 is 5.91 Å². The summed E-state index contributed by atoms with van der Waals surface area (Å²) < 4.78 is 15.8. The number of unbranched alkanes of at least 4 members (excludes halogenated alkanes) is 1. The van der Waals surface area contributed by atoms with Crippen LogP contribution < -0.4 is 19.5 Å². The molecular formula is C14H21NO4. The van der Waals surface area contributed by atoms with E-state index in [1.54, 1.807) is 25.3 Å². The molecule has 5 nitrogen and oxygen atoms in total. The predicted molar refractivity (Wildman–Crippen MR) is 73.0 cm³/mol. The molecule has 0 aliphatic heterocycles.